The molecule has 0 unspecified atom stereocenters. The second-order valence-corrected chi connectivity index (χ2v) is 9.48. The second kappa shape index (κ2) is 15.4. The van der Waals surface area contributed by atoms with Crippen molar-refractivity contribution in [1.82, 2.24) is 14.9 Å². The zero-order chi connectivity index (χ0) is 26.5. The normalized spacial score (nSPS) is 20.9. The Hall–Kier alpha value is -2.76. The summed E-state index contributed by atoms with van der Waals surface area (Å²) in [5.41, 5.74) is 8.08. The lowest BCUT2D eigenvalue weighted by molar-refractivity contribution is -0.123. The Morgan fingerprint density at radius 1 is 1.22 bits per heavy atom. The highest BCUT2D eigenvalue weighted by Gasteiger charge is 2.29. The molecule has 1 aliphatic carbocycles. The Bertz CT molecular complexity index is 927. The number of terminal acetylenes is 1. The molecule has 1 aromatic heterocycles. The molecule has 1 aliphatic heterocycles. The maximum absolute atomic E-state index is 13.6. The number of carbonyl (C=O) groups is 2. The summed E-state index contributed by atoms with van der Waals surface area (Å²) in [7, 11) is 3.77. The van der Waals surface area contributed by atoms with Crippen LogP contribution < -0.4 is 10.5 Å². The fraction of sp³-hybridized carbons (Fsp3) is 0.643. The molecule has 1 aromatic rings. The van der Waals surface area contributed by atoms with Gasteiger partial charge >= 0.3 is 0 Å². The lowest BCUT2D eigenvalue weighted by atomic mass is 9.83. The number of ketones is 2. The lowest BCUT2D eigenvalue weighted by Crippen LogP contribution is -2.31. The first-order valence-electron chi connectivity index (χ1n) is 13.0. The Balaban J connectivity index is 0.00000222. The summed E-state index contributed by atoms with van der Waals surface area (Å²) in [6.07, 6.45) is 16.0. The largest absolute Gasteiger partial charge is 0.476 e. The van der Waals surface area contributed by atoms with Crippen molar-refractivity contribution in [2.24, 2.45) is 11.7 Å². The van der Waals surface area contributed by atoms with Crippen LogP contribution in [0.1, 0.15) is 81.0 Å². The predicted molar refractivity (Wildman–Crippen MR) is 141 cm³/mol. The molecule has 198 valence electrons. The highest BCUT2D eigenvalue weighted by molar-refractivity contribution is 6.07. The van der Waals surface area contributed by atoms with Crippen molar-refractivity contribution in [3.8, 4) is 18.7 Å². The van der Waals surface area contributed by atoms with Gasteiger partial charge in [-0.3, -0.25) is 9.59 Å². The van der Waals surface area contributed by atoms with Crippen molar-refractivity contribution in [1.29, 1.82) is 0 Å². The number of rotatable bonds is 12. The van der Waals surface area contributed by atoms with E-state index in [0.717, 1.165) is 50.8 Å². The lowest BCUT2D eigenvalue weighted by Gasteiger charge is -2.23. The number of nitrogens with zero attached hydrogens (tertiary/aromatic N) is 3. The number of carbonyl (C=O) groups excluding carboxylic acids is 2. The summed E-state index contributed by atoms with van der Waals surface area (Å²) in [4.78, 5) is 37.5. The number of hydrogen-bond donors (Lipinski definition) is 1. The smallest absolute Gasteiger partial charge is 0.228 e. The van der Waals surface area contributed by atoms with Crippen LogP contribution in [0.5, 0.6) is 5.88 Å². The third-order valence-electron chi connectivity index (χ3n) is 6.89. The molecule has 3 rings (SSSR count). The predicted octanol–water partition coefficient (Wildman–Crippen LogP) is 3.73. The Labute approximate surface area is 216 Å². The van der Waals surface area contributed by atoms with E-state index in [2.05, 4.69) is 34.8 Å². The SMILES string of the molecule is C#C.CCC/C(C(=O)c1nc(CCCOC)cc(OC[C@@H]2CCCN2C)n1)=C(/N)[C@H]1CCCCC1=O. The summed E-state index contributed by atoms with van der Waals surface area (Å²) >= 11 is 0. The molecular formula is C28H42N4O4. The zero-order valence-corrected chi connectivity index (χ0v) is 22.1. The van der Waals surface area contributed by atoms with Gasteiger partial charge in [0.2, 0.25) is 17.5 Å². The van der Waals surface area contributed by atoms with Gasteiger partial charge < -0.3 is 20.1 Å². The van der Waals surface area contributed by atoms with E-state index in [-0.39, 0.29) is 23.3 Å². The molecule has 36 heavy (non-hydrogen) atoms. The van der Waals surface area contributed by atoms with Crippen LogP contribution in [0, 0.1) is 18.8 Å². The van der Waals surface area contributed by atoms with Gasteiger partial charge in [0.05, 0.1) is 5.92 Å². The Kier molecular flexibility index (Phi) is 12.6. The van der Waals surface area contributed by atoms with Gasteiger partial charge in [0.1, 0.15) is 12.4 Å². The number of hydrogen-bond acceptors (Lipinski definition) is 8. The van der Waals surface area contributed by atoms with E-state index in [0.29, 0.717) is 62.1 Å². The summed E-state index contributed by atoms with van der Waals surface area (Å²) in [6, 6.07) is 2.16. The maximum atomic E-state index is 13.6. The quantitative estimate of drug-likeness (QED) is 0.201. The molecule has 2 fully saturated rings. The topological polar surface area (TPSA) is 108 Å². The van der Waals surface area contributed by atoms with Crippen LogP contribution in [-0.2, 0) is 16.0 Å². The number of aromatic nitrogens is 2. The number of likely N-dealkylation sites (N-methyl/N-ethyl adjacent to an activating group) is 1. The highest BCUT2D eigenvalue weighted by Crippen LogP contribution is 2.29. The van der Waals surface area contributed by atoms with E-state index < -0.39 is 0 Å². The summed E-state index contributed by atoms with van der Waals surface area (Å²) < 4.78 is 11.2. The third-order valence-corrected chi connectivity index (χ3v) is 6.89. The molecule has 0 amide bonds. The minimum absolute atomic E-state index is 0.0966. The molecule has 1 saturated heterocycles. The van der Waals surface area contributed by atoms with Gasteiger partial charge in [-0.15, -0.1) is 12.8 Å². The average molecular weight is 499 g/mol. The molecule has 0 radical (unpaired) electrons. The molecule has 8 heteroatoms. The minimum atomic E-state index is -0.377. The second-order valence-electron chi connectivity index (χ2n) is 9.48. The first kappa shape index (κ1) is 29.5. The number of allylic oxidation sites excluding steroid dienone is 2. The zero-order valence-electron chi connectivity index (χ0n) is 22.1. The maximum Gasteiger partial charge on any atom is 0.228 e. The van der Waals surface area contributed by atoms with Crippen molar-refractivity contribution in [3.63, 3.8) is 0 Å². The Morgan fingerprint density at radius 3 is 2.64 bits per heavy atom. The van der Waals surface area contributed by atoms with Crippen LogP contribution in [0.2, 0.25) is 0 Å². The number of methoxy groups -OCH3 is 1. The molecule has 2 heterocycles. The average Bonchev–Trinajstić information content (AvgIpc) is 3.31. The number of aryl methyl sites for hydroxylation is 1. The van der Waals surface area contributed by atoms with Gasteiger partial charge in [0.25, 0.3) is 0 Å². The first-order chi connectivity index (χ1) is 17.4. The molecule has 0 aromatic carbocycles. The van der Waals surface area contributed by atoms with Crippen molar-refractivity contribution in [3.05, 3.63) is 28.9 Å². The van der Waals surface area contributed by atoms with Gasteiger partial charge in [-0.2, -0.15) is 4.98 Å². The highest BCUT2D eigenvalue weighted by atomic mass is 16.5. The summed E-state index contributed by atoms with van der Waals surface area (Å²) in [6.45, 7) is 4.19. The monoisotopic (exact) mass is 498 g/mol. The molecule has 8 nitrogen and oxygen atoms in total. The van der Waals surface area contributed by atoms with E-state index in [1.165, 1.54) is 0 Å². The number of nitrogens with two attached hydrogens (primary N) is 1. The molecule has 2 N–H and O–H groups in total. The third kappa shape index (κ3) is 8.14. The Morgan fingerprint density at radius 2 is 2.00 bits per heavy atom. The van der Waals surface area contributed by atoms with Gasteiger partial charge in [0.15, 0.2) is 0 Å². The number of Topliss-reactive ketones (excluding diaryl/α,β-unsaturated/α-hetero) is 2. The first-order valence-corrected chi connectivity index (χ1v) is 13.0. The van der Waals surface area contributed by atoms with E-state index in [1.807, 2.05) is 13.0 Å². The molecule has 0 bridgehead atoms. The number of ether oxygens (including phenoxy) is 2. The van der Waals surface area contributed by atoms with E-state index >= 15 is 0 Å². The minimum Gasteiger partial charge on any atom is -0.476 e. The van der Waals surface area contributed by atoms with Gasteiger partial charge in [0, 0.05) is 49.2 Å². The van der Waals surface area contributed by atoms with Gasteiger partial charge in [-0.1, -0.05) is 19.8 Å². The van der Waals surface area contributed by atoms with Crippen molar-refractivity contribution in [2.45, 2.75) is 77.2 Å². The molecule has 2 atom stereocenters. The van der Waals surface area contributed by atoms with E-state index in [1.54, 1.807) is 7.11 Å². The van der Waals surface area contributed by atoms with E-state index in [9.17, 15) is 9.59 Å². The van der Waals surface area contributed by atoms with Crippen LogP contribution in [0.25, 0.3) is 0 Å². The van der Waals surface area contributed by atoms with Crippen LogP contribution in [0.4, 0.5) is 0 Å². The van der Waals surface area contributed by atoms with Crippen LogP contribution in [0.15, 0.2) is 17.3 Å². The summed E-state index contributed by atoms with van der Waals surface area (Å²) in [5.74, 6) is -0.0374. The van der Waals surface area contributed by atoms with Gasteiger partial charge in [-0.05, 0) is 58.5 Å². The fourth-order valence-corrected chi connectivity index (χ4v) is 4.84. The molecule has 0 spiro atoms. The summed E-state index contributed by atoms with van der Waals surface area (Å²) in [5, 5.41) is 0. The van der Waals surface area contributed by atoms with Crippen molar-refractivity contribution < 1.29 is 19.1 Å². The van der Waals surface area contributed by atoms with Crippen LogP contribution >= 0.6 is 0 Å². The molecule has 1 saturated carbocycles. The fourth-order valence-electron chi connectivity index (χ4n) is 4.84. The molecule has 2 aliphatic rings. The molecular weight excluding hydrogens is 456 g/mol. The van der Waals surface area contributed by atoms with E-state index in [4.69, 9.17) is 15.2 Å². The van der Waals surface area contributed by atoms with Crippen molar-refractivity contribution in [2.75, 3.05) is 33.9 Å². The van der Waals surface area contributed by atoms with Crippen LogP contribution in [-0.4, -0.2) is 66.4 Å². The standard InChI is InChI=1S/C26H40N4O4.C2H2/c1-4-9-21(24(27)20-12-5-6-13-22(20)31)25(32)26-28-18(10-8-15-33-3)16-23(29-26)34-17-19-11-7-14-30(19)2;1-2/h16,19-20H,4-15,17,27H2,1-3H3;1-2H/b24-21-;/t19-,20-;/m0./s1. The van der Waals surface area contributed by atoms with Crippen molar-refractivity contribution >= 4 is 11.6 Å². The van der Waals surface area contributed by atoms with Gasteiger partial charge in [-0.25, -0.2) is 4.98 Å². The number of likely N-dealkylation sites (tertiary alicyclic amines) is 1. The van der Waals surface area contributed by atoms with Crippen LogP contribution in [0.3, 0.4) is 0 Å².